The second kappa shape index (κ2) is 8.43. The predicted molar refractivity (Wildman–Crippen MR) is 80.5 cm³/mol. The van der Waals surface area contributed by atoms with E-state index >= 15 is 0 Å². The highest BCUT2D eigenvalue weighted by Crippen LogP contribution is 2.11. The second-order valence-corrected chi connectivity index (χ2v) is 5.81. The molecule has 0 aromatic heterocycles. The van der Waals surface area contributed by atoms with E-state index in [0.29, 0.717) is 12.6 Å². The number of thiocarbonyl (C=S) groups is 1. The molecule has 0 aliphatic rings. The highest BCUT2D eigenvalue weighted by Gasteiger charge is 2.24. The van der Waals surface area contributed by atoms with Gasteiger partial charge in [-0.15, -0.1) is 0 Å². The average molecular weight is 273 g/mol. The first-order chi connectivity index (χ1) is 8.27. The van der Waals surface area contributed by atoms with E-state index in [-0.39, 0.29) is 22.7 Å². The van der Waals surface area contributed by atoms with Crippen LogP contribution in [0.1, 0.15) is 34.1 Å². The number of amides is 1. The summed E-state index contributed by atoms with van der Waals surface area (Å²) in [5, 5.41) is 2.91. The van der Waals surface area contributed by atoms with Crippen LogP contribution in [0.4, 0.5) is 0 Å². The van der Waals surface area contributed by atoms with Crippen molar-refractivity contribution < 1.29 is 4.79 Å². The fraction of sp³-hybridized carbons (Fsp3) is 0.846. The molecule has 0 radical (unpaired) electrons. The number of carbonyl (C=O) groups is 1. The number of rotatable bonds is 8. The van der Waals surface area contributed by atoms with Crippen molar-refractivity contribution >= 4 is 23.1 Å². The molecule has 0 aliphatic heterocycles. The second-order valence-electron chi connectivity index (χ2n) is 5.34. The molecule has 0 fully saturated rings. The molecule has 0 spiro atoms. The van der Waals surface area contributed by atoms with Crippen LogP contribution in [-0.4, -0.2) is 42.0 Å². The van der Waals surface area contributed by atoms with Gasteiger partial charge in [-0.2, -0.15) is 0 Å². The third kappa shape index (κ3) is 6.31. The molecule has 0 aliphatic carbocycles. The monoisotopic (exact) mass is 273 g/mol. The molecule has 0 rings (SSSR count). The van der Waals surface area contributed by atoms with Gasteiger partial charge in [0.15, 0.2) is 0 Å². The van der Waals surface area contributed by atoms with Gasteiger partial charge in [0.1, 0.15) is 0 Å². The first-order valence-corrected chi connectivity index (χ1v) is 6.95. The lowest BCUT2D eigenvalue weighted by atomic mass is 9.95. The standard InChI is InChI=1S/C13H27N3OS/c1-9(2)11(12(14)18)13(17)15-7-6-8-16(5)10(3)4/h9-11H,6-8H2,1-5H3,(H2,14,18)(H,15,17). The minimum atomic E-state index is -0.358. The van der Waals surface area contributed by atoms with Crippen molar-refractivity contribution in [3.8, 4) is 0 Å². The van der Waals surface area contributed by atoms with Crippen LogP contribution in [0.5, 0.6) is 0 Å². The van der Waals surface area contributed by atoms with Gasteiger partial charge in [-0.25, -0.2) is 0 Å². The van der Waals surface area contributed by atoms with Gasteiger partial charge in [0.05, 0.1) is 10.9 Å². The third-order valence-corrected chi connectivity index (χ3v) is 3.38. The molecule has 1 atom stereocenters. The van der Waals surface area contributed by atoms with Crippen molar-refractivity contribution in [3.05, 3.63) is 0 Å². The SMILES string of the molecule is CC(C)C(C(=O)NCCCN(C)C(C)C)C(N)=S. The van der Waals surface area contributed by atoms with Crippen LogP contribution in [0.3, 0.4) is 0 Å². The number of nitrogens with zero attached hydrogens (tertiary/aromatic N) is 1. The first-order valence-electron chi connectivity index (χ1n) is 6.54. The Morgan fingerprint density at radius 3 is 2.28 bits per heavy atom. The maximum atomic E-state index is 11.9. The lowest BCUT2D eigenvalue weighted by Gasteiger charge is -2.22. The van der Waals surface area contributed by atoms with Crippen molar-refractivity contribution in [3.63, 3.8) is 0 Å². The fourth-order valence-corrected chi connectivity index (χ4v) is 2.05. The minimum absolute atomic E-state index is 0.0512. The van der Waals surface area contributed by atoms with E-state index in [9.17, 15) is 4.79 Å². The molecule has 18 heavy (non-hydrogen) atoms. The van der Waals surface area contributed by atoms with Gasteiger partial charge in [-0.3, -0.25) is 4.79 Å². The summed E-state index contributed by atoms with van der Waals surface area (Å²) in [6, 6.07) is 0.528. The van der Waals surface area contributed by atoms with Crippen molar-refractivity contribution in [2.75, 3.05) is 20.1 Å². The Morgan fingerprint density at radius 1 is 1.33 bits per heavy atom. The van der Waals surface area contributed by atoms with Crippen molar-refractivity contribution in [2.45, 2.75) is 40.2 Å². The molecule has 4 nitrogen and oxygen atoms in total. The zero-order valence-corrected chi connectivity index (χ0v) is 13.0. The number of hydrogen-bond acceptors (Lipinski definition) is 3. The Balaban J connectivity index is 3.99. The van der Waals surface area contributed by atoms with E-state index in [1.807, 2.05) is 13.8 Å². The van der Waals surface area contributed by atoms with Crippen LogP contribution < -0.4 is 11.1 Å². The molecule has 0 heterocycles. The summed E-state index contributed by atoms with van der Waals surface area (Å²) in [6.07, 6.45) is 0.933. The highest BCUT2D eigenvalue weighted by molar-refractivity contribution is 7.80. The number of hydrogen-bond donors (Lipinski definition) is 2. The van der Waals surface area contributed by atoms with Gasteiger partial charge in [-0.1, -0.05) is 26.1 Å². The van der Waals surface area contributed by atoms with Crippen LogP contribution in [0.15, 0.2) is 0 Å². The summed E-state index contributed by atoms with van der Waals surface area (Å²) >= 11 is 4.93. The van der Waals surface area contributed by atoms with Gasteiger partial charge >= 0.3 is 0 Å². The molecule has 1 amide bonds. The molecule has 0 bridgehead atoms. The molecule has 3 N–H and O–H groups in total. The minimum Gasteiger partial charge on any atom is -0.393 e. The summed E-state index contributed by atoms with van der Waals surface area (Å²) < 4.78 is 0. The molecule has 1 unspecified atom stereocenters. The Bertz CT molecular complexity index is 279. The van der Waals surface area contributed by atoms with E-state index in [0.717, 1.165) is 13.0 Å². The van der Waals surface area contributed by atoms with E-state index in [2.05, 4.69) is 31.1 Å². The predicted octanol–water partition coefficient (Wildman–Crippen LogP) is 1.39. The fourth-order valence-electron chi connectivity index (χ4n) is 1.67. The quantitative estimate of drug-likeness (QED) is 0.518. The summed E-state index contributed by atoms with van der Waals surface area (Å²) in [4.78, 5) is 14.4. The topological polar surface area (TPSA) is 58.4 Å². The first kappa shape index (κ1) is 17.3. The van der Waals surface area contributed by atoms with Crippen molar-refractivity contribution in [2.24, 2.45) is 17.6 Å². The Kier molecular flexibility index (Phi) is 8.11. The van der Waals surface area contributed by atoms with Gasteiger partial charge in [-0.05, 0) is 39.8 Å². The molecule has 5 heteroatoms. The summed E-state index contributed by atoms with van der Waals surface area (Å²) in [5.74, 6) is -0.270. The lowest BCUT2D eigenvalue weighted by molar-refractivity contribution is -0.123. The third-order valence-electron chi connectivity index (χ3n) is 3.12. The lowest BCUT2D eigenvalue weighted by Crippen LogP contribution is -2.41. The Hall–Kier alpha value is -0.680. The smallest absolute Gasteiger partial charge is 0.230 e. The van der Waals surface area contributed by atoms with E-state index in [4.69, 9.17) is 18.0 Å². The molecule has 0 aromatic carbocycles. The van der Waals surface area contributed by atoms with Crippen molar-refractivity contribution in [1.82, 2.24) is 10.2 Å². The van der Waals surface area contributed by atoms with Crippen LogP contribution in [0.2, 0.25) is 0 Å². The maximum absolute atomic E-state index is 11.9. The van der Waals surface area contributed by atoms with Gasteiger partial charge in [0.25, 0.3) is 0 Å². The summed E-state index contributed by atoms with van der Waals surface area (Å²) in [5.41, 5.74) is 5.59. The maximum Gasteiger partial charge on any atom is 0.230 e. The molecular formula is C13H27N3OS. The van der Waals surface area contributed by atoms with Gasteiger partial charge in [0.2, 0.25) is 5.91 Å². The average Bonchev–Trinajstić information content (AvgIpc) is 2.22. The molecule has 0 saturated heterocycles. The van der Waals surface area contributed by atoms with Crippen LogP contribution in [-0.2, 0) is 4.79 Å². The number of nitrogens with two attached hydrogens (primary N) is 1. The van der Waals surface area contributed by atoms with Gasteiger partial charge < -0.3 is 16.0 Å². The number of nitrogens with one attached hydrogen (secondary N) is 1. The largest absolute Gasteiger partial charge is 0.393 e. The Morgan fingerprint density at radius 2 is 1.89 bits per heavy atom. The van der Waals surface area contributed by atoms with E-state index < -0.39 is 0 Å². The number of carbonyl (C=O) groups excluding carboxylic acids is 1. The van der Waals surface area contributed by atoms with Gasteiger partial charge in [0, 0.05) is 12.6 Å². The van der Waals surface area contributed by atoms with Crippen LogP contribution in [0, 0.1) is 11.8 Å². The zero-order chi connectivity index (χ0) is 14.3. The van der Waals surface area contributed by atoms with E-state index in [1.54, 1.807) is 0 Å². The normalized spacial score (nSPS) is 13.1. The van der Waals surface area contributed by atoms with E-state index in [1.165, 1.54) is 0 Å². The van der Waals surface area contributed by atoms with Crippen molar-refractivity contribution in [1.29, 1.82) is 0 Å². The summed E-state index contributed by atoms with van der Waals surface area (Å²) in [6.45, 7) is 9.85. The summed E-state index contributed by atoms with van der Waals surface area (Å²) in [7, 11) is 2.08. The molecule has 106 valence electrons. The molecule has 0 saturated carbocycles. The molecular weight excluding hydrogens is 246 g/mol. The van der Waals surface area contributed by atoms with Crippen LogP contribution in [0.25, 0.3) is 0 Å². The highest BCUT2D eigenvalue weighted by atomic mass is 32.1. The Labute approximate surface area is 116 Å². The zero-order valence-electron chi connectivity index (χ0n) is 12.2. The molecule has 0 aromatic rings. The van der Waals surface area contributed by atoms with Crippen LogP contribution >= 0.6 is 12.2 Å².